The van der Waals surface area contributed by atoms with Gasteiger partial charge in [0.15, 0.2) is 5.78 Å². The SMILES string of the molecule is CC(C)c1cc(-c2ccccc2)cc(C(C)C)c1-c1cccc2nc(-c3[c-]ccc4c3oc3ccccc34)oc12.CCC(CC)C(=O)/C=C(\O)C(CC)CC.[Ir]. The number of furan rings is 1. The molecule has 7 aromatic rings. The molecule has 0 atom stereocenters. The third-order valence-electron chi connectivity index (χ3n) is 10.9. The van der Waals surface area contributed by atoms with Crippen LogP contribution in [0.2, 0.25) is 0 Å². The maximum absolute atomic E-state index is 11.7. The van der Waals surface area contributed by atoms with E-state index in [-0.39, 0.29) is 43.5 Å². The Morgan fingerprint density at radius 3 is 1.96 bits per heavy atom. The second-order valence-corrected chi connectivity index (χ2v) is 15.1. The minimum atomic E-state index is 0. The fourth-order valence-electron chi connectivity index (χ4n) is 7.59. The zero-order valence-corrected chi connectivity index (χ0v) is 36.3. The van der Waals surface area contributed by atoms with Gasteiger partial charge in [0.2, 0.25) is 0 Å². The summed E-state index contributed by atoms with van der Waals surface area (Å²) in [7, 11) is 0. The number of nitrogens with zero attached hydrogens (tertiary/aromatic N) is 1. The molecule has 0 aliphatic carbocycles. The first-order valence-corrected chi connectivity index (χ1v) is 20.0. The zero-order valence-electron chi connectivity index (χ0n) is 33.9. The Labute approximate surface area is 345 Å². The van der Waals surface area contributed by atoms with E-state index in [0.717, 1.165) is 69.8 Å². The van der Waals surface area contributed by atoms with Crippen molar-refractivity contribution in [3.8, 4) is 33.7 Å². The van der Waals surface area contributed by atoms with Crippen LogP contribution >= 0.6 is 0 Å². The van der Waals surface area contributed by atoms with Crippen LogP contribution in [0.15, 0.2) is 118 Å². The first-order valence-electron chi connectivity index (χ1n) is 20.0. The Morgan fingerprint density at radius 2 is 1.34 bits per heavy atom. The van der Waals surface area contributed by atoms with Crippen molar-refractivity contribution < 1.29 is 38.8 Å². The number of hydrogen-bond donors (Lipinski definition) is 1. The standard InChI is InChI=1S/C37H30NO2.C13H24O2.Ir/c1-22(2)30-20-25(24-12-6-5-7-13-24)21-31(23(3)4)34(30)28-16-11-18-32-36(28)40-37(38-32)29-17-10-15-27-26-14-8-9-19-33(26)39-35(27)29;1-5-10(6-2)12(14)9-13(15)11(7-3)8-4;/h5-16,18-23H,1-4H3;9-11,14H,5-8H2,1-4H3;/q-1;;/b;12-9-;. The van der Waals surface area contributed by atoms with Gasteiger partial charge in [-0.25, -0.2) is 0 Å². The normalized spacial score (nSPS) is 11.9. The predicted octanol–water partition coefficient (Wildman–Crippen LogP) is 14.6. The summed E-state index contributed by atoms with van der Waals surface area (Å²) in [5.74, 6) is 1.72. The van der Waals surface area contributed by atoms with Crippen molar-refractivity contribution in [2.24, 2.45) is 11.8 Å². The Balaban J connectivity index is 0.000000322. The van der Waals surface area contributed by atoms with E-state index in [1.807, 2.05) is 64.1 Å². The third-order valence-corrected chi connectivity index (χ3v) is 10.9. The van der Waals surface area contributed by atoms with Gasteiger partial charge in [-0.2, -0.15) is 0 Å². The number of aromatic nitrogens is 1. The number of rotatable bonds is 12. The van der Waals surface area contributed by atoms with Crippen LogP contribution in [0.5, 0.6) is 0 Å². The Bertz CT molecular complexity index is 2400. The number of ketones is 1. The molecule has 0 bridgehead atoms. The Morgan fingerprint density at radius 1 is 0.714 bits per heavy atom. The molecule has 2 heterocycles. The quantitative estimate of drug-likeness (QED) is 0.0750. The molecule has 0 saturated heterocycles. The van der Waals surface area contributed by atoms with Gasteiger partial charge in [-0.1, -0.05) is 134 Å². The van der Waals surface area contributed by atoms with Gasteiger partial charge < -0.3 is 13.9 Å². The molecule has 56 heavy (non-hydrogen) atoms. The Kier molecular flexibility index (Phi) is 14.3. The van der Waals surface area contributed by atoms with Gasteiger partial charge in [-0.15, -0.1) is 18.2 Å². The maximum Gasteiger partial charge on any atom is 0.162 e. The number of allylic oxidation sites excluding steroid dienone is 2. The van der Waals surface area contributed by atoms with Crippen LogP contribution in [0.3, 0.4) is 0 Å². The number of aliphatic hydroxyl groups excluding tert-OH is 1. The third kappa shape index (κ3) is 8.78. The minimum absolute atomic E-state index is 0. The summed E-state index contributed by atoms with van der Waals surface area (Å²) < 4.78 is 12.9. The zero-order chi connectivity index (χ0) is 39.2. The number of oxazole rings is 1. The van der Waals surface area contributed by atoms with Gasteiger partial charge in [-0.3, -0.25) is 9.78 Å². The van der Waals surface area contributed by atoms with Crippen molar-refractivity contribution in [3.63, 3.8) is 0 Å². The number of hydrogen-bond acceptors (Lipinski definition) is 5. The molecule has 1 N–H and O–H groups in total. The summed E-state index contributed by atoms with van der Waals surface area (Å²) in [6.45, 7) is 17.1. The van der Waals surface area contributed by atoms with Gasteiger partial charge in [0.25, 0.3) is 0 Å². The molecule has 7 rings (SSSR count). The van der Waals surface area contributed by atoms with Gasteiger partial charge in [-0.05, 0) is 83.0 Å². The fourth-order valence-corrected chi connectivity index (χ4v) is 7.59. The molecule has 0 aliphatic heterocycles. The van der Waals surface area contributed by atoms with Crippen LogP contribution in [0.1, 0.15) is 104 Å². The summed E-state index contributed by atoms with van der Waals surface area (Å²) in [4.78, 5) is 16.7. The largest absolute Gasteiger partial charge is 0.512 e. The van der Waals surface area contributed by atoms with E-state index in [4.69, 9.17) is 13.8 Å². The van der Waals surface area contributed by atoms with E-state index in [2.05, 4.69) is 94.4 Å². The molecule has 0 unspecified atom stereocenters. The number of carbonyl (C=O) groups is 1. The maximum atomic E-state index is 11.7. The molecular formula is C50H54IrNO4-. The summed E-state index contributed by atoms with van der Waals surface area (Å²) >= 11 is 0. The van der Waals surface area contributed by atoms with Crippen LogP contribution in [-0.4, -0.2) is 15.9 Å². The summed E-state index contributed by atoms with van der Waals surface area (Å²) in [6.07, 6.45) is 4.91. The van der Waals surface area contributed by atoms with E-state index < -0.39 is 0 Å². The summed E-state index contributed by atoms with van der Waals surface area (Å²) in [5, 5.41) is 11.9. The van der Waals surface area contributed by atoms with Crippen LogP contribution in [0.25, 0.3) is 66.7 Å². The van der Waals surface area contributed by atoms with Gasteiger partial charge in [0, 0.05) is 49.0 Å². The number of aliphatic hydroxyl groups is 1. The number of carbonyl (C=O) groups excluding carboxylic acids is 1. The van der Waals surface area contributed by atoms with Gasteiger partial charge in [0.1, 0.15) is 17.1 Å². The average molecular weight is 925 g/mol. The van der Waals surface area contributed by atoms with Crippen molar-refractivity contribution in [3.05, 3.63) is 126 Å². The number of fused-ring (bicyclic) bond motifs is 4. The molecule has 1 radical (unpaired) electrons. The van der Waals surface area contributed by atoms with Crippen molar-refractivity contribution >= 4 is 38.8 Å². The van der Waals surface area contributed by atoms with Crippen molar-refractivity contribution in [2.45, 2.75) is 92.9 Å². The average Bonchev–Trinajstić information content (AvgIpc) is 3.81. The summed E-state index contributed by atoms with van der Waals surface area (Å²) in [6, 6.07) is 37.0. The second-order valence-electron chi connectivity index (χ2n) is 15.1. The van der Waals surface area contributed by atoms with Gasteiger partial charge >= 0.3 is 0 Å². The topological polar surface area (TPSA) is 76.5 Å². The molecular weight excluding hydrogens is 871 g/mol. The van der Waals surface area contributed by atoms with E-state index in [1.54, 1.807) is 0 Å². The molecule has 5 aromatic carbocycles. The summed E-state index contributed by atoms with van der Waals surface area (Å²) in [5.41, 5.74) is 11.3. The van der Waals surface area contributed by atoms with Crippen LogP contribution in [0.4, 0.5) is 0 Å². The smallest absolute Gasteiger partial charge is 0.162 e. The van der Waals surface area contributed by atoms with Gasteiger partial charge in [0.05, 0.1) is 16.9 Å². The molecule has 0 saturated carbocycles. The molecule has 0 spiro atoms. The van der Waals surface area contributed by atoms with Crippen molar-refractivity contribution in [2.75, 3.05) is 0 Å². The van der Waals surface area contributed by atoms with E-state index in [1.165, 1.54) is 33.9 Å². The van der Waals surface area contributed by atoms with Crippen LogP contribution in [-0.2, 0) is 24.9 Å². The molecule has 0 fully saturated rings. The van der Waals surface area contributed by atoms with E-state index in [9.17, 15) is 9.90 Å². The first-order chi connectivity index (χ1) is 26.6. The minimum Gasteiger partial charge on any atom is -0.512 e. The van der Waals surface area contributed by atoms with E-state index >= 15 is 0 Å². The van der Waals surface area contributed by atoms with Crippen molar-refractivity contribution in [1.82, 2.24) is 4.98 Å². The first kappa shape index (κ1) is 42.4. The molecule has 6 heteroatoms. The fraction of sp³-hybridized carbons (Fsp3) is 0.320. The molecule has 293 valence electrons. The predicted molar refractivity (Wildman–Crippen MR) is 228 cm³/mol. The second kappa shape index (κ2) is 18.9. The Hall–Kier alpha value is -4.77. The molecule has 2 aromatic heterocycles. The van der Waals surface area contributed by atoms with Crippen molar-refractivity contribution in [1.29, 1.82) is 0 Å². The van der Waals surface area contributed by atoms with Crippen LogP contribution in [0, 0.1) is 17.9 Å². The molecule has 0 amide bonds. The number of para-hydroxylation sites is 2. The van der Waals surface area contributed by atoms with Crippen LogP contribution < -0.4 is 0 Å². The van der Waals surface area contributed by atoms with E-state index in [0.29, 0.717) is 17.7 Å². The molecule has 0 aliphatic rings. The monoisotopic (exact) mass is 925 g/mol. The molecule has 5 nitrogen and oxygen atoms in total. The number of benzene rings is 5.